The summed E-state index contributed by atoms with van der Waals surface area (Å²) < 4.78 is 10.4. The monoisotopic (exact) mass is 318 g/mol. The van der Waals surface area contributed by atoms with Crippen LogP contribution in [0, 0.1) is 0 Å². The van der Waals surface area contributed by atoms with Gasteiger partial charge in [-0.1, -0.05) is 0 Å². The second-order valence-electron chi connectivity index (χ2n) is 4.96. The zero-order valence-electron chi connectivity index (χ0n) is 13.0. The molecule has 1 aliphatic rings. The van der Waals surface area contributed by atoms with E-state index in [1.807, 2.05) is 6.92 Å². The number of ether oxygens (including phenoxy) is 2. The molecule has 0 fully saturated rings. The third-order valence-corrected chi connectivity index (χ3v) is 3.24. The van der Waals surface area contributed by atoms with Crippen molar-refractivity contribution in [2.24, 2.45) is 5.10 Å². The van der Waals surface area contributed by atoms with E-state index in [0.29, 0.717) is 17.9 Å². The normalized spacial score (nSPS) is 15.2. The summed E-state index contributed by atoms with van der Waals surface area (Å²) in [5.41, 5.74) is 2.75. The Morgan fingerprint density at radius 3 is 2.52 bits per heavy atom. The molecule has 2 rings (SSSR count). The average molecular weight is 318 g/mol. The number of hydrogen-bond donors (Lipinski definition) is 1. The third kappa shape index (κ3) is 4.38. The van der Waals surface area contributed by atoms with E-state index in [4.69, 9.17) is 9.47 Å². The highest BCUT2D eigenvalue weighted by Crippen LogP contribution is 2.15. The van der Waals surface area contributed by atoms with Gasteiger partial charge in [-0.15, -0.1) is 0 Å². The van der Waals surface area contributed by atoms with Gasteiger partial charge in [0.05, 0.1) is 6.61 Å². The first kappa shape index (κ1) is 16.7. The number of carbonyl (C=O) groups excluding carboxylic acids is 3. The number of rotatable bonds is 6. The van der Waals surface area contributed by atoms with Crippen LogP contribution in [-0.4, -0.2) is 36.1 Å². The molecular weight excluding hydrogens is 300 g/mol. The third-order valence-electron chi connectivity index (χ3n) is 3.24. The first-order chi connectivity index (χ1) is 11.0. The molecule has 0 unspecified atom stereocenters. The van der Waals surface area contributed by atoms with E-state index in [9.17, 15) is 14.4 Å². The van der Waals surface area contributed by atoms with Crippen LogP contribution in [0.4, 0.5) is 0 Å². The lowest BCUT2D eigenvalue weighted by Crippen LogP contribution is -2.34. The van der Waals surface area contributed by atoms with E-state index in [2.05, 4.69) is 10.5 Å². The number of ketones is 1. The van der Waals surface area contributed by atoms with Crippen molar-refractivity contribution in [1.29, 1.82) is 0 Å². The van der Waals surface area contributed by atoms with Crippen molar-refractivity contribution in [3.8, 4) is 5.75 Å². The lowest BCUT2D eigenvalue weighted by Gasteiger charge is -2.15. The molecule has 7 heteroatoms. The fraction of sp³-hybridized carbons (Fsp3) is 0.375. The van der Waals surface area contributed by atoms with Gasteiger partial charge in [0.15, 0.2) is 6.10 Å². The largest absolute Gasteiger partial charge is 0.494 e. The van der Waals surface area contributed by atoms with Gasteiger partial charge in [0, 0.05) is 18.4 Å². The van der Waals surface area contributed by atoms with Crippen molar-refractivity contribution in [2.75, 3.05) is 6.61 Å². The molecular formula is C16H18N2O5. The highest BCUT2D eigenvalue weighted by atomic mass is 16.5. The summed E-state index contributed by atoms with van der Waals surface area (Å²) in [6.07, 6.45) is -0.565. The molecule has 1 atom stereocenters. The Bertz CT molecular complexity index is 636. The molecule has 1 aromatic rings. The van der Waals surface area contributed by atoms with Gasteiger partial charge in [-0.05, 0) is 38.1 Å². The Kier molecular flexibility index (Phi) is 5.46. The van der Waals surface area contributed by atoms with Gasteiger partial charge in [0.2, 0.25) is 11.7 Å². The number of benzene rings is 1. The molecule has 0 radical (unpaired) electrons. The predicted molar refractivity (Wildman–Crippen MR) is 82.3 cm³/mol. The van der Waals surface area contributed by atoms with Crippen molar-refractivity contribution in [1.82, 2.24) is 5.43 Å². The minimum Gasteiger partial charge on any atom is -0.494 e. The minimum atomic E-state index is -0.944. The standard InChI is InChI=1S/C16H18N2O5/c1-3-22-12-6-4-11(5-7-12)15(20)10(2)23-16(21)13-8-9-14(19)18-17-13/h4-7,10H,3,8-9H2,1-2H3,(H,18,19)/t10-/m1/s1. The van der Waals surface area contributed by atoms with Gasteiger partial charge in [-0.25, -0.2) is 10.2 Å². The van der Waals surface area contributed by atoms with E-state index < -0.39 is 12.1 Å². The van der Waals surface area contributed by atoms with Gasteiger partial charge in [0.1, 0.15) is 11.5 Å². The maximum Gasteiger partial charge on any atom is 0.355 e. The molecule has 1 aliphatic heterocycles. The molecule has 1 aromatic carbocycles. The fourth-order valence-corrected chi connectivity index (χ4v) is 2.02. The van der Waals surface area contributed by atoms with E-state index in [-0.39, 0.29) is 30.2 Å². The number of Topliss-reactive ketones (excluding diaryl/α,β-unsaturated/α-hetero) is 1. The zero-order valence-corrected chi connectivity index (χ0v) is 13.0. The van der Waals surface area contributed by atoms with Crippen molar-refractivity contribution in [3.05, 3.63) is 29.8 Å². The van der Waals surface area contributed by atoms with Gasteiger partial charge < -0.3 is 9.47 Å². The predicted octanol–water partition coefficient (Wildman–Crippen LogP) is 1.47. The van der Waals surface area contributed by atoms with Gasteiger partial charge in [-0.3, -0.25) is 9.59 Å². The summed E-state index contributed by atoms with van der Waals surface area (Å²) in [5.74, 6) is -0.598. The lowest BCUT2D eigenvalue weighted by atomic mass is 10.1. The van der Waals surface area contributed by atoms with Crippen molar-refractivity contribution >= 4 is 23.4 Å². The van der Waals surface area contributed by atoms with Gasteiger partial charge in [-0.2, -0.15) is 5.10 Å². The average Bonchev–Trinajstić information content (AvgIpc) is 2.55. The maximum absolute atomic E-state index is 12.3. The van der Waals surface area contributed by atoms with E-state index >= 15 is 0 Å². The second kappa shape index (κ2) is 7.53. The molecule has 122 valence electrons. The molecule has 23 heavy (non-hydrogen) atoms. The minimum absolute atomic E-state index is 0.107. The molecule has 0 spiro atoms. The molecule has 0 saturated heterocycles. The van der Waals surface area contributed by atoms with Crippen molar-refractivity contribution in [3.63, 3.8) is 0 Å². The first-order valence-corrected chi connectivity index (χ1v) is 7.34. The SMILES string of the molecule is CCOc1ccc(C(=O)[C@@H](C)OC(=O)C2=NNC(=O)CC2)cc1. The van der Waals surface area contributed by atoms with E-state index in [0.717, 1.165) is 0 Å². The molecule has 7 nitrogen and oxygen atoms in total. The van der Waals surface area contributed by atoms with Crippen LogP contribution in [0.3, 0.4) is 0 Å². The molecule has 0 bridgehead atoms. The quantitative estimate of drug-likeness (QED) is 0.633. The number of hydrogen-bond acceptors (Lipinski definition) is 6. The highest BCUT2D eigenvalue weighted by Gasteiger charge is 2.25. The van der Waals surface area contributed by atoms with Crippen molar-refractivity contribution in [2.45, 2.75) is 32.8 Å². The summed E-state index contributed by atoms with van der Waals surface area (Å²) in [6, 6.07) is 6.62. The summed E-state index contributed by atoms with van der Waals surface area (Å²) in [7, 11) is 0. The number of amides is 1. The summed E-state index contributed by atoms with van der Waals surface area (Å²) in [6.45, 7) is 3.91. The zero-order chi connectivity index (χ0) is 16.8. The van der Waals surface area contributed by atoms with Gasteiger partial charge in [0.25, 0.3) is 0 Å². The number of nitrogens with one attached hydrogen (secondary N) is 1. The van der Waals surface area contributed by atoms with Crippen LogP contribution < -0.4 is 10.2 Å². The lowest BCUT2D eigenvalue weighted by molar-refractivity contribution is -0.138. The van der Waals surface area contributed by atoms with Crippen molar-refractivity contribution < 1.29 is 23.9 Å². The summed E-state index contributed by atoms with van der Waals surface area (Å²) >= 11 is 0. The molecule has 1 N–H and O–H groups in total. The van der Waals surface area contributed by atoms with Gasteiger partial charge >= 0.3 is 5.97 Å². The Labute approximate surface area is 133 Å². The topological polar surface area (TPSA) is 94.1 Å². The van der Waals surface area contributed by atoms with Crippen LogP contribution in [0.15, 0.2) is 29.4 Å². The highest BCUT2D eigenvalue weighted by molar-refractivity contribution is 6.37. The fourth-order valence-electron chi connectivity index (χ4n) is 2.02. The summed E-state index contributed by atoms with van der Waals surface area (Å²) in [5, 5.41) is 3.64. The molecule has 0 saturated carbocycles. The van der Waals surface area contributed by atoms with E-state index in [1.165, 1.54) is 6.92 Å². The Hall–Kier alpha value is -2.70. The smallest absolute Gasteiger partial charge is 0.355 e. The van der Waals surface area contributed by atoms with Crippen LogP contribution in [0.1, 0.15) is 37.0 Å². The van der Waals surface area contributed by atoms with Crippen LogP contribution in [-0.2, 0) is 14.3 Å². The van der Waals surface area contributed by atoms with Crippen LogP contribution in [0.25, 0.3) is 0 Å². The number of hydrazone groups is 1. The molecule has 1 heterocycles. The van der Waals surface area contributed by atoms with Crippen LogP contribution >= 0.6 is 0 Å². The Balaban J connectivity index is 1.96. The number of carbonyl (C=O) groups is 3. The Morgan fingerprint density at radius 1 is 1.26 bits per heavy atom. The maximum atomic E-state index is 12.3. The second-order valence-corrected chi connectivity index (χ2v) is 4.96. The molecule has 0 aliphatic carbocycles. The molecule has 1 amide bonds. The Morgan fingerprint density at radius 2 is 1.96 bits per heavy atom. The van der Waals surface area contributed by atoms with Crippen LogP contribution in [0.5, 0.6) is 5.75 Å². The number of nitrogens with zero attached hydrogens (tertiary/aromatic N) is 1. The van der Waals surface area contributed by atoms with Crippen LogP contribution in [0.2, 0.25) is 0 Å². The number of esters is 1. The molecule has 0 aromatic heterocycles. The summed E-state index contributed by atoms with van der Waals surface area (Å²) in [4.78, 5) is 35.2. The first-order valence-electron chi connectivity index (χ1n) is 7.34. The van der Waals surface area contributed by atoms with E-state index in [1.54, 1.807) is 24.3 Å².